The fraction of sp³-hybridized carbons (Fsp3) is 0.161. The van der Waals surface area contributed by atoms with Gasteiger partial charge in [-0.1, -0.05) is 48.0 Å². The third-order valence-corrected chi connectivity index (χ3v) is 5.71. The summed E-state index contributed by atoms with van der Waals surface area (Å²) in [5.74, 6) is 0.474. The zero-order chi connectivity index (χ0) is 26.2. The second-order valence-electron chi connectivity index (χ2n) is 8.68. The van der Waals surface area contributed by atoms with Crippen molar-refractivity contribution >= 4 is 11.9 Å². The predicted molar refractivity (Wildman–Crippen MR) is 143 cm³/mol. The van der Waals surface area contributed by atoms with Crippen molar-refractivity contribution in [3.05, 3.63) is 113 Å². The number of hydrogen-bond acceptors (Lipinski definition) is 6. The lowest BCUT2D eigenvalue weighted by Gasteiger charge is -2.12. The minimum atomic E-state index is -0.491. The molecular weight excluding hydrogens is 466 g/mol. The van der Waals surface area contributed by atoms with E-state index < -0.39 is 11.9 Å². The van der Waals surface area contributed by atoms with E-state index in [1.165, 1.54) is 0 Å². The molecule has 0 heterocycles. The molecule has 0 fully saturated rings. The monoisotopic (exact) mass is 495 g/mol. The van der Waals surface area contributed by atoms with Crippen LogP contribution < -0.4 is 19.9 Å². The van der Waals surface area contributed by atoms with Gasteiger partial charge in [-0.15, -0.1) is 0 Å². The van der Waals surface area contributed by atoms with Gasteiger partial charge in [-0.2, -0.15) is 0 Å². The maximum absolute atomic E-state index is 12.8. The zero-order valence-electron chi connectivity index (χ0n) is 20.9. The molecule has 37 heavy (non-hydrogen) atoms. The van der Waals surface area contributed by atoms with E-state index in [-0.39, 0.29) is 0 Å². The maximum atomic E-state index is 12.8. The number of nitrogens with two attached hydrogens (primary N) is 1. The average molecular weight is 496 g/mol. The van der Waals surface area contributed by atoms with E-state index in [0.29, 0.717) is 47.9 Å². The predicted octanol–water partition coefficient (Wildman–Crippen LogP) is 6.14. The van der Waals surface area contributed by atoms with Crippen LogP contribution in [0, 0.1) is 13.8 Å². The number of ether oxygens (including phenoxy) is 3. The molecule has 0 aromatic heterocycles. The van der Waals surface area contributed by atoms with Crippen molar-refractivity contribution < 1.29 is 23.8 Å². The quantitative estimate of drug-likeness (QED) is 0.171. The largest absolute Gasteiger partial charge is 0.493 e. The Bertz CT molecular complexity index is 1360. The normalized spacial score (nSPS) is 10.6. The molecule has 0 saturated carbocycles. The fourth-order valence-electron chi connectivity index (χ4n) is 3.63. The summed E-state index contributed by atoms with van der Waals surface area (Å²) in [5, 5.41) is 0. The minimum Gasteiger partial charge on any atom is -0.493 e. The van der Waals surface area contributed by atoms with Crippen molar-refractivity contribution in [2.75, 3.05) is 13.2 Å². The maximum Gasteiger partial charge on any atom is 0.347 e. The number of carbonyl (C=O) groups excluding carboxylic acids is 2. The standard InChI is InChI=1S/C31H29NO5/c1-21-4-7-25(8-5-21)30(33)36-26-13-9-23(10-14-26)24-11-15-27(16-12-24)37-31(34)28-17-6-22(2)20-29(28)35-19-3-18-32/h4-17,20H,3,18-19,32H2,1-2H3. The molecule has 6 nitrogen and oxygen atoms in total. The van der Waals surface area contributed by atoms with E-state index in [1.807, 2.05) is 62.4 Å². The van der Waals surface area contributed by atoms with Crippen LogP contribution in [0.1, 0.15) is 38.3 Å². The first-order valence-corrected chi connectivity index (χ1v) is 12.1. The summed E-state index contributed by atoms with van der Waals surface area (Å²) in [6.07, 6.45) is 0.694. The Morgan fingerprint density at radius 3 is 1.78 bits per heavy atom. The second-order valence-corrected chi connectivity index (χ2v) is 8.68. The van der Waals surface area contributed by atoms with E-state index in [2.05, 4.69) is 0 Å². The van der Waals surface area contributed by atoms with Crippen LogP contribution >= 0.6 is 0 Å². The highest BCUT2D eigenvalue weighted by Gasteiger charge is 2.16. The Hall–Kier alpha value is -4.42. The minimum absolute atomic E-state index is 0.363. The molecule has 0 radical (unpaired) electrons. The van der Waals surface area contributed by atoms with E-state index in [9.17, 15) is 9.59 Å². The highest BCUT2D eigenvalue weighted by molar-refractivity contribution is 5.94. The van der Waals surface area contributed by atoms with Crippen LogP contribution in [0.5, 0.6) is 17.2 Å². The highest BCUT2D eigenvalue weighted by atomic mass is 16.5. The van der Waals surface area contributed by atoms with Crippen LogP contribution in [0.2, 0.25) is 0 Å². The molecule has 4 aromatic rings. The van der Waals surface area contributed by atoms with Gasteiger partial charge in [0.05, 0.1) is 12.2 Å². The molecule has 0 spiro atoms. The molecule has 6 heteroatoms. The van der Waals surface area contributed by atoms with Crippen molar-refractivity contribution in [1.29, 1.82) is 0 Å². The summed E-state index contributed by atoms with van der Waals surface area (Å²) in [7, 11) is 0. The van der Waals surface area contributed by atoms with Crippen molar-refractivity contribution in [3.8, 4) is 28.4 Å². The van der Waals surface area contributed by atoms with Gasteiger partial charge in [-0.3, -0.25) is 0 Å². The average Bonchev–Trinajstić information content (AvgIpc) is 2.90. The Labute approximate surface area is 216 Å². The molecule has 0 aliphatic heterocycles. The number of esters is 2. The number of aryl methyl sites for hydroxylation is 2. The van der Waals surface area contributed by atoms with Crippen molar-refractivity contribution in [1.82, 2.24) is 0 Å². The van der Waals surface area contributed by atoms with Crippen LogP contribution in [-0.2, 0) is 0 Å². The first-order valence-electron chi connectivity index (χ1n) is 12.1. The second kappa shape index (κ2) is 12.0. The summed E-state index contributed by atoms with van der Waals surface area (Å²) in [5.41, 5.74) is 10.3. The number of carbonyl (C=O) groups is 2. The molecule has 4 aromatic carbocycles. The van der Waals surface area contributed by atoms with Gasteiger partial charge in [0.25, 0.3) is 0 Å². The van der Waals surface area contributed by atoms with Gasteiger partial charge < -0.3 is 19.9 Å². The molecule has 0 saturated heterocycles. The molecule has 0 unspecified atom stereocenters. The molecular formula is C31H29NO5. The number of benzene rings is 4. The molecule has 0 aliphatic rings. The van der Waals surface area contributed by atoms with Gasteiger partial charge in [-0.05, 0) is 92.0 Å². The fourth-order valence-corrected chi connectivity index (χ4v) is 3.63. The third kappa shape index (κ3) is 6.84. The van der Waals surface area contributed by atoms with Crippen LogP contribution in [-0.4, -0.2) is 25.1 Å². The lowest BCUT2D eigenvalue weighted by molar-refractivity contribution is 0.0722. The van der Waals surface area contributed by atoms with E-state index in [0.717, 1.165) is 22.3 Å². The summed E-state index contributed by atoms with van der Waals surface area (Å²) < 4.78 is 16.8. The van der Waals surface area contributed by atoms with Gasteiger partial charge in [0.15, 0.2) is 0 Å². The van der Waals surface area contributed by atoms with Crippen molar-refractivity contribution in [2.24, 2.45) is 5.73 Å². The van der Waals surface area contributed by atoms with Crippen LogP contribution in [0.3, 0.4) is 0 Å². The molecule has 0 aliphatic carbocycles. The van der Waals surface area contributed by atoms with E-state index >= 15 is 0 Å². The van der Waals surface area contributed by atoms with Gasteiger partial charge in [0, 0.05) is 0 Å². The highest BCUT2D eigenvalue weighted by Crippen LogP contribution is 2.27. The van der Waals surface area contributed by atoms with E-state index in [4.69, 9.17) is 19.9 Å². The Balaban J connectivity index is 1.39. The summed E-state index contributed by atoms with van der Waals surface area (Å²) >= 11 is 0. The number of hydrogen-bond donors (Lipinski definition) is 1. The Kier molecular flexibility index (Phi) is 8.33. The lowest BCUT2D eigenvalue weighted by Crippen LogP contribution is -2.13. The third-order valence-electron chi connectivity index (χ3n) is 5.71. The Morgan fingerprint density at radius 2 is 1.22 bits per heavy atom. The first-order chi connectivity index (χ1) is 17.9. The first kappa shape index (κ1) is 25.7. The Morgan fingerprint density at radius 1 is 0.676 bits per heavy atom. The van der Waals surface area contributed by atoms with Crippen molar-refractivity contribution in [2.45, 2.75) is 20.3 Å². The lowest BCUT2D eigenvalue weighted by atomic mass is 10.1. The summed E-state index contributed by atoms with van der Waals surface area (Å²) in [6, 6.07) is 27.0. The summed E-state index contributed by atoms with van der Waals surface area (Å²) in [4.78, 5) is 25.1. The molecule has 4 rings (SSSR count). The molecule has 188 valence electrons. The smallest absolute Gasteiger partial charge is 0.347 e. The van der Waals surface area contributed by atoms with Crippen LogP contribution in [0.4, 0.5) is 0 Å². The zero-order valence-corrected chi connectivity index (χ0v) is 20.9. The SMILES string of the molecule is Cc1ccc(C(=O)Oc2ccc(-c3ccc(OC(=O)c4ccc(C)cc4OCCCN)cc3)cc2)cc1. The number of rotatable bonds is 9. The van der Waals surface area contributed by atoms with E-state index in [1.54, 1.807) is 42.5 Å². The van der Waals surface area contributed by atoms with Crippen LogP contribution in [0.15, 0.2) is 91.0 Å². The van der Waals surface area contributed by atoms with Gasteiger partial charge in [0.1, 0.15) is 22.8 Å². The van der Waals surface area contributed by atoms with Gasteiger partial charge in [0.2, 0.25) is 0 Å². The molecule has 2 N–H and O–H groups in total. The molecule has 0 atom stereocenters. The van der Waals surface area contributed by atoms with Crippen molar-refractivity contribution in [3.63, 3.8) is 0 Å². The molecule has 0 amide bonds. The molecule has 0 bridgehead atoms. The topological polar surface area (TPSA) is 87.8 Å². The summed E-state index contributed by atoms with van der Waals surface area (Å²) in [6.45, 7) is 4.84. The van der Waals surface area contributed by atoms with Gasteiger partial charge in [-0.25, -0.2) is 9.59 Å². The van der Waals surface area contributed by atoms with Crippen LogP contribution in [0.25, 0.3) is 11.1 Å². The van der Waals surface area contributed by atoms with Gasteiger partial charge >= 0.3 is 11.9 Å².